The molecule has 2 rings (SSSR count). The van der Waals surface area contributed by atoms with E-state index >= 15 is 0 Å². The molecule has 0 amide bonds. The van der Waals surface area contributed by atoms with Crippen LogP contribution in [-0.4, -0.2) is 40.4 Å². The molecule has 3 nitrogen and oxygen atoms in total. The first-order chi connectivity index (χ1) is 9.04. The van der Waals surface area contributed by atoms with Gasteiger partial charge in [-0.05, 0) is 50.6 Å². The van der Waals surface area contributed by atoms with Crippen molar-refractivity contribution in [1.29, 1.82) is 0 Å². The molecule has 1 fully saturated rings. The van der Waals surface area contributed by atoms with Gasteiger partial charge in [0.25, 0.3) is 0 Å². The Kier molecular flexibility index (Phi) is 4.48. The Labute approximate surface area is 116 Å². The van der Waals surface area contributed by atoms with Gasteiger partial charge in [-0.15, -0.1) is 0 Å². The summed E-state index contributed by atoms with van der Waals surface area (Å²) < 4.78 is 5.63. The minimum absolute atomic E-state index is 0.251. The van der Waals surface area contributed by atoms with E-state index in [9.17, 15) is 0 Å². The number of ether oxygens (including phenoxy) is 1. The average Bonchev–Trinajstić information content (AvgIpc) is 2.76. The molecule has 1 unspecified atom stereocenters. The highest BCUT2D eigenvalue weighted by Gasteiger charge is 2.35. The Bertz CT molecular complexity index is 405. The molecule has 106 valence electrons. The van der Waals surface area contributed by atoms with Crippen LogP contribution in [0.3, 0.4) is 0 Å². The van der Waals surface area contributed by atoms with Crippen LogP contribution in [0.4, 0.5) is 5.69 Å². The molecule has 1 aromatic carbocycles. The van der Waals surface area contributed by atoms with Crippen molar-refractivity contribution in [2.45, 2.75) is 20.3 Å². The lowest BCUT2D eigenvalue weighted by Gasteiger charge is -2.33. The van der Waals surface area contributed by atoms with Crippen LogP contribution in [-0.2, 0) is 4.74 Å². The van der Waals surface area contributed by atoms with Gasteiger partial charge < -0.3 is 15.0 Å². The molecule has 3 heteroatoms. The zero-order valence-electron chi connectivity index (χ0n) is 12.6. The summed E-state index contributed by atoms with van der Waals surface area (Å²) in [4.78, 5) is 2.37. The first-order valence-corrected chi connectivity index (χ1v) is 7.06. The topological polar surface area (TPSA) is 24.5 Å². The summed E-state index contributed by atoms with van der Waals surface area (Å²) in [6.07, 6.45) is 1.14. The third-order valence-electron chi connectivity index (χ3n) is 3.96. The van der Waals surface area contributed by atoms with Crippen LogP contribution < -0.4 is 10.2 Å². The van der Waals surface area contributed by atoms with Crippen LogP contribution in [0.15, 0.2) is 18.2 Å². The van der Waals surface area contributed by atoms with Gasteiger partial charge in [0.1, 0.15) is 0 Å². The Hall–Kier alpha value is -1.06. The van der Waals surface area contributed by atoms with Crippen molar-refractivity contribution < 1.29 is 4.74 Å². The van der Waals surface area contributed by atoms with Gasteiger partial charge >= 0.3 is 0 Å². The second-order valence-corrected chi connectivity index (χ2v) is 6.03. The number of nitrogens with one attached hydrogen (secondary N) is 1. The molecule has 1 saturated heterocycles. The second kappa shape index (κ2) is 5.93. The fourth-order valence-corrected chi connectivity index (χ4v) is 3.11. The first kappa shape index (κ1) is 14.4. The number of nitrogens with zero attached hydrogens (tertiary/aromatic N) is 1. The molecule has 1 aliphatic rings. The van der Waals surface area contributed by atoms with E-state index in [4.69, 9.17) is 4.74 Å². The Balaban J connectivity index is 2.12. The smallest absolute Gasteiger partial charge is 0.0552 e. The summed E-state index contributed by atoms with van der Waals surface area (Å²) in [7, 11) is 4.21. The second-order valence-electron chi connectivity index (χ2n) is 6.03. The van der Waals surface area contributed by atoms with Crippen molar-refractivity contribution in [3.05, 3.63) is 29.3 Å². The fraction of sp³-hybridized carbons (Fsp3) is 0.625. The molecule has 1 heterocycles. The van der Waals surface area contributed by atoms with Gasteiger partial charge in [-0.3, -0.25) is 0 Å². The SMILES string of the molecule is CNCC1(CN(C)c2cc(C)cc(C)c2)CCOC1. The molecule has 19 heavy (non-hydrogen) atoms. The van der Waals surface area contributed by atoms with Crippen molar-refractivity contribution in [3.63, 3.8) is 0 Å². The Morgan fingerprint density at radius 3 is 2.47 bits per heavy atom. The van der Waals surface area contributed by atoms with Crippen LogP contribution in [0.5, 0.6) is 0 Å². The summed E-state index contributed by atoms with van der Waals surface area (Å²) in [5.74, 6) is 0. The largest absolute Gasteiger partial charge is 0.381 e. The van der Waals surface area contributed by atoms with Crippen LogP contribution in [0.2, 0.25) is 0 Å². The maximum absolute atomic E-state index is 5.63. The molecule has 1 aromatic rings. The molecule has 0 aromatic heterocycles. The van der Waals surface area contributed by atoms with E-state index in [1.54, 1.807) is 0 Å². The third-order valence-corrected chi connectivity index (χ3v) is 3.96. The van der Waals surface area contributed by atoms with Gasteiger partial charge in [0.05, 0.1) is 6.61 Å². The predicted octanol–water partition coefficient (Wildman–Crippen LogP) is 2.37. The zero-order valence-corrected chi connectivity index (χ0v) is 12.6. The number of hydrogen-bond acceptors (Lipinski definition) is 3. The number of anilines is 1. The molecule has 1 atom stereocenters. The fourth-order valence-electron chi connectivity index (χ4n) is 3.11. The molecule has 1 aliphatic heterocycles. The normalized spacial score (nSPS) is 22.7. The van der Waals surface area contributed by atoms with Gasteiger partial charge in [-0.2, -0.15) is 0 Å². The van der Waals surface area contributed by atoms with Crippen molar-refractivity contribution in [3.8, 4) is 0 Å². The van der Waals surface area contributed by atoms with E-state index in [-0.39, 0.29) is 5.41 Å². The standard InChI is InChI=1S/C16H26N2O/c1-13-7-14(2)9-15(8-13)18(4)11-16(10-17-3)5-6-19-12-16/h7-9,17H,5-6,10-12H2,1-4H3. The monoisotopic (exact) mass is 262 g/mol. The molecule has 1 N–H and O–H groups in total. The van der Waals surface area contributed by atoms with Gasteiger partial charge in [0, 0.05) is 37.8 Å². The third kappa shape index (κ3) is 3.48. The van der Waals surface area contributed by atoms with Crippen LogP contribution in [0.1, 0.15) is 17.5 Å². The van der Waals surface area contributed by atoms with E-state index < -0.39 is 0 Å². The lowest BCUT2D eigenvalue weighted by atomic mass is 9.86. The maximum Gasteiger partial charge on any atom is 0.0552 e. The number of aryl methyl sites for hydroxylation is 2. The van der Waals surface area contributed by atoms with Gasteiger partial charge in [-0.1, -0.05) is 6.07 Å². The lowest BCUT2D eigenvalue weighted by molar-refractivity contribution is 0.154. The first-order valence-electron chi connectivity index (χ1n) is 7.06. The lowest BCUT2D eigenvalue weighted by Crippen LogP contribution is -2.42. The van der Waals surface area contributed by atoms with Crippen LogP contribution >= 0.6 is 0 Å². The van der Waals surface area contributed by atoms with Crippen molar-refractivity contribution in [2.24, 2.45) is 5.41 Å². The molecule has 0 radical (unpaired) electrons. The van der Waals surface area contributed by atoms with E-state index in [1.807, 2.05) is 7.05 Å². The van der Waals surface area contributed by atoms with Gasteiger partial charge in [0.15, 0.2) is 0 Å². The molecule has 0 bridgehead atoms. The number of rotatable bonds is 5. The highest BCUT2D eigenvalue weighted by atomic mass is 16.5. The average molecular weight is 262 g/mol. The minimum atomic E-state index is 0.251. The summed E-state index contributed by atoms with van der Waals surface area (Å²) in [5.41, 5.74) is 4.21. The van der Waals surface area contributed by atoms with E-state index in [0.29, 0.717) is 0 Å². The highest BCUT2D eigenvalue weighted by molar-refractivity contribution is 5.50. The summed E-state index contributed by atoms with van der Waals surface area (Å²) >= 11 is 0. The molecule has 0 saturated carbocycles. The Morgan fingerprint density at radius 2 is 1.95 bits per heavy atom. The quantitative estimate of drug-likeness (QED) is 0.881. The maximum atomic E-state index is 5.63. The van der Waals surface area contributed by atoms with Crippen molar-refractivity contribution in [2.75, 3.05) is 45.3 Å². The minimum Gasteiger partial charge on any atom is -0.381 e. The van der Waals surface area contributed by atoms with Gasteiger partial charge in [-0.25, -0.2) is 0 Å². The zero-order chi connectivity index (χ0) is 13.9. The number of benzene rings is 1. The predicted molar refractivity (Wildman–Crippen MR) is 81.0 cm³/mol. The van der Waals surface area contributed by atoms with Crippen LogP contribution in [0.25, 0.3) is 0 Å². The summed E-state index contributed by atoms with van der Waals surface area (Å²) in [6.45, 7) is 8.13. The highest BCUT2D eigenvalue weighted by Crippen LogP contribution is 2.30. The van der Waals surface area contributed by atoms with Crippen molar-refractivity contribution >= 4 is 5.69 Å². The molecule has 0 spiro atoms. The number of hydrogen-bond donors (Lipinski definition) is 1. The summed E-state index contributed by atoms with van der Waals surface area (Å²) in [6, 6.07) is 6.74. The molecule has 0 aliphatic carbocycles. The molecular weight excluding hydrogens is 236 g/mol. The van der Waals surface area contributed by atoms with Crippen LogP contribution in [0, 0.1) is 19.3 Å². The Morgan fingerprint density at radius 1 is 1.26 bits per heavy atom. The van der Waals surface area contributed by atoms with Gasteiger partial charge in [0.2, 0.25) is 0 Å². The van der Waals surface area contributed by atoms with E-state index in [0.717, 1.165) is 32.7 Å². The molecular formula is C16H26N2O. The summed E-state index contributed by atoms with van der Waals surface area (Å²) in [5, 5.41) is 3.32. The van der Waals surface area contributed by atoms with E-state index in [1.165, 1.54) is 16.8 Å². The van der Waals surface area contributed by atoms with E-state index in [2.05, 4.69) is 49.3 Å². The van der Waals surface area contributed by atoms with Crippen molar-refractivity contribution in [1.82, 2.24) is 5.32 Å².